The van der Waals surface area contributed by atoms with Crippen LogP contribution in [0.25, 0.3) is 11.8 Å². The number of rotatable bonds is 10. The van der Waals surface area contributed by atoms with Crippen molar-refractivity contribution < 1.29 is 23.7 Å². The Hall–Kier alpha value is -4.63. The molecule has 216 valence electrons. The number of carbonyl (C=O) groups excluding carboxylic acids is 1. The third-order valence-electron chi connectivity index (χ3n) is 6.77. The molecule has 42 heavy (non-hydrogen) atoms. The molecule has 1 aromatic heterocycles. The highest BCUT2D eigenvalue weighted by atomic mass is 32.1. The van der Waals surface area contributed by atoms with Crippen molar-refractivity contribution in [3.05, 3.63) is 115 Å². The van der Waals surface area contributed by atoms with Gasteiger partial charge < -0.3 is 18.9 Å². The first-order valence-electron chi connectivity index (χ1n) is 13.7. The fourth-order valence-corrected chi connectivity index (χ4v) is 5.77. The number of nitrogens with zero attached hydrogens (tertiary/aromatic N) is 2. The number of aromatic nitrogens is 1. The van der Waals surface area contributed by atoms with E-state index in [1.807, 2.05) is 79.7 Å². The van der Waals surface area contributed by atoms with Crippen LogP contribution in [0.2, 0.25) is 0 Å². The number of ether oxygens (including phenoxy) is 4. The Bertz CT molecular complexity index is 1790. The lowest BCUT2D eigenvalue weighted by atomic mass is 9.96. The van der Waals surface area contributed by atoms with E-state index in [1.54, 1.807) is 27.0 Å². The van der Waals surface area contributed by atoms with Gasteiger partial charge in [0.1, 0.15) is 18.4 Å². The molecule has 0 spiro atoms. The Morgan fingerprint density at radius 3 is 2.43 bits per heavy atom. The van der Waals surface area contributed by atoms with Gasteiger partial charge in [-0.15, -0.1) is 0 Å². The summed E-state index contributed by atoms with van der Waals surface area (Å²) < 4.78 is 24.5. The van der Waals surface area contributed by atoms with Crippen molar-refractivity contribution in [1.82, 2.24) is 4.57 Å². The molecular weight excluding hydrogens is 552 g/mol. The Morgan fingerprint density at radius 2 is 1.74 bits per heavy atom. The van der Waals surface area contributed by atoms with Crippen LogP contribution in [-0.4, -0.2) is 30.9 Å². The molecule has 1 aliphatic heterocycles. The van der Waals surface area contributed by atoms with E-state index < -0.39 is 12.0 Å². The van der Waals surface area contributed by atoms with E-state index in [1.165, 1.54) is 15.9 Å². The molecule has 9 heteroatoms. The molecule has 8 nitrogen and oxygen atoms in total. The number of carbonyl (C=O) groups is 1. The number of thiazole rings is 1. The van der Waals surface area contributed by atoms with Crippen molar-refractivity contribution in [2.24, 2.45) is 4.99 Å². The third-order valence-corrected chi connectivity index (χ3v) is 7.76. The summed E-state index contributed by atoms with van der Waals surface area (Å²) in [4.78, 5) is 32.1. The average molecular weight is 585 g/mol. The van der Waals surface area contributed by atoms with E-state index in [0.29, 0.717) is 51.1 Å². The molecule has 0 saturated heterocycles. The summed E-state index contributed by atoms with van der Waals surface area (Å²) >= 11 is 1.27. The fourth-order valence-electron chi connectivity index (χ4n) is 4.73. The normalized spacial score (nSPS) is 14.7. The van der Waals surface area contributed by atoms with E-state index in [-0.39, 0.29) is 12.2 Å². The van der Waals surface area contributed by atoms with Crippen LogP contribution < -0.4 is 29.1 Å². The van der Waals surface area contributed by atoms with Crippen LogP contribution in [0.4, 0.5) is 0 Å². The van der Waals surface area contributed by atoms with E-state index >= 15 is 0 Å². The van der Waals surface area contributed by atoms with Gasteiger partial charge in [-0.2, -0.15) is 0 Å². The average Bonchev–Trinajstić information content (AvgIpc) is 3.32. The monoisotopic (exact) mass is 584 g/mol. The van der Waals surface area contributed by atoms with E-state index in [9.17, 15) is 9.59 Å². The molecule has 4 aromatic rings. The SMILES string of the molecule is CCOC(=O)C1=C(C)n2c(s/c(=C\c3ccc(OCc4ccccc4)c(OCC)c3)c2=O)=N[C@H]1c1ccc(OC)cc1. The van der Waals surface area contributed by atoms with Gasteiger partial charge in [0.15, 0.2) is 16.3 Å². The summed E-state index contributed by atoms with van der Waals surface area (Å²) in [6, 6.07) is 22.3. The maximum atomic E-state index is 13.6. The lowest BCUT2D eigenvalue weighted by molar-refractivity contribution is -0.138. The first kappa shape index (κ1) is 28.9. The number of methoxy groups -OCH3 is 1. The highest BCUT2D eigenvalue weighted by Crippen LogP contribution is 2.33. The standard InChI is InChI=1S/C33H32N2O6S/c1-5-39-27-18-23(12-17-26(27)41-20-22-10-8-7-9-11-22)19-28-31(36)35-21(3)29(32(37)40-6-2)30(34-33(35)42-28)24-13-15-25(38-4)16-14-24/h7-19,30H,5-6,20H2,1-4H3/b28-19-/t30-/m0/s1. The van der Waals surface area contributed by atoms with Gasteiger partial charge in [0.2, 0.25) is 0 Å². The van der Waals surface area contributed by atoms with Gasteiger partial charge in [-0.25, -0.2) is 9.79 Å². The molecule has 0 amide bonds. The van der Waals surface area contributed by atoms with Crippen molar-refractivity contribution in [3.63, 3.8) is 0 Å². The second-order valence-electron chi connectivity index (χ2n) is 9.47. The van der Waals surface area contributed by atoms with Gasteiger partial charge in [-0.05, 0) is 67.8 Å². The number of benzene rings is 3. The molecule has 0 saturated carbocycles. The zero-order valence-electron chi connectivity index (χ0n) is 24.0. The quantitative estimate of drug-likeness (QED) is 0.247. The van der Waals surface area contributed by atoms with Crippen LogP contribution in [-0.2, 0) is 16.1 Å². The molecule has 0 N–H and O–H groups in total. The van der Waals surface area contributed by atoms with Crippen molar-refractivity contribution in [3.8, 4) is 17.2 Å². The number of hydrogen-bond donors (Lipinski definition) is 0. The minimum atomic E-state index is -0.619. The van der Waals surface area contributed by atoms with Crippen molar-refractivity contribution in [2.75, 3.05) is 20.3 Å². The lowest BCUT2D eigenvalue weighted by Crippen LogP contribution is -2.35. The second-order valence-corrected chi connectivity index (χ2v) is 10.5. The highest BCUT2D eigenvalue weighted by molar-refractivity contribution is 7.07. The molecule has 1 atom stereocenters. The molecule has 3 aromatic carbocycles. The molecular formula is C33H32N2O6S. The first-order chi connectivity index (χ1) is 20.4. The van der Waals surface area contributed by atoms with Gasteiger partial charge in [0.25, 0.3) is 5.56 Å². The number of fused-ring (bicyclic) bond motifs is 1. The topological polar surface area (TPSA) is 88.3 Å². The predicted octanol–water partition coefficient (Wildman–Crippen LogP) is 4.89. The summed E-state index contributed by atoms with van der Waals surface area (Å²) in [6.07, 6.45) is 1.80. The molecule has 2 heterocycles. The van der Waals surface area contributed by atoms with Crippen molar-refractivity contribution >= 4 is 29.1 Å². The third kappa shape index (κ3) is 6.01. The van der Waals surface area contributed by atoms with E-state index in [2.05, 4.69) is 0 Å². The number of hydrogen-bond acceptors (Lipinski definition) is 8. The van der Waals surface area contributed by atoms with Crippen LogP contribution in [0.1, 0.15) is 43.5 Å². The second kappa shape index (κ2) is 12.9. The maximum absolute atomic E-state index is 13.6. The zero-order chi connectivity index (χ0) is 29.6. The largest absolute Gasteiger partial charge is 0.497 e. The summed E-state index contributed by atoms with van der Waals surface area (Å²) in [5, 5.41) is 0. The summed E-state index contributed by atoms with van der Waals surface area (Å²) in [5.41, 5.74) is 3.20. The van der Waals surface area contributed by atoms with Gasteiger partial charge in [0, 0.05) is 5.70 Å². The van der Waals surface area contributed by atoms with Gasteiger partial charge >= 0.3 is 5.97 Å². The van der Waals surface area contributed by atoms with Crippen LogP contribution in [0.3, 0.4) is 0 Å². The fraction of sp³-hybridized carbons (Fsp3) is 0.242. The molecule has 0 bridgehead atoms. The maximum Gasteiger partial charge on any atom is 0.338 e. The zero-order valence-corrected chi connectivity index (χ0v) is 24.8. The predicted molar refractivity (Wildman–Crippen MR) is 163 cm³/mol. The van der Waals surface area contributed by atoms with Crippen LogP contribution in [0.5, 0.6) is 17.2 Å². The van der Waals surface area contributed by atoms with Crippen LogP contribution in [0, 0.1) is 0 Å². The van der Waals surface area contributed by atoms with Crippen molar-refractivity contribution in [1.29, 1.82) is 0 Å². The molecule has 0 aliphatic carbocycles. The van der Waals surface area contributed by atoms with Gasteiger partial charge in [-0.3, -0.25) is 9.36 Å². The molecule has 0 fully saturated rings. The Labute approximate surface area is 247 Å². The van der Waals surface area contributed by atoms with Crippen LogP contribution in [0.15, 0.2) is 88.2 Å². The Kier molecular flexibility index (Phi) is 8.88. The van der Waals surface area contributed by atoms with Gasteiger partial charge in [-0.1, -0.05) is 59.9 Å². The molecule has 1 aliphatic rings. The lowest BCUT2D eigenvalue weighted by Gasteiger charge is -2.22. The van der Waals surface area contributed by atoms with E-state index in [4.69, 9.17) is 23.9 Å². The smallest absolute Gasteiger partial charge is 0.338 e. The Morgan fingerprint density at radius 1 is 0.976 bits per heavy atom. The van der Waals surface area contributed by atoms with Crippen LogP contribution >= 0.6 is 11.3 Å². The van der Waals surface area contributed by atoms with Gasteiger partial charge in [0.05, 0.1) is 30.4 Å². The Balaban J connectivity index is 1.55. The molecule has 5 rings (SSSR count). The minimum Gasteiger partial charge on any atom is -0.497 e. The number of esters is 1. The summed E-state index contributed by atoms with van der Waals surface area (Å²) in [7, 11) is 1.60. The first-order valence-corrected chi connectivity index (χ1v) is 14.5. The number of allylic oxidation sites excluding steroid dienone is 1. The summed E-state index contributed by atoms with van der Waals surface area (Å²) in [6.45, 7) is 6.50. The summed E-state index contributed by atoms with van der Waals surface area (Å²) in [5.74, 6) is 1.41. The minimum absolute atomic E-state index is 0.211. The molecule has 0 unspecified atom stereocenters. The molecule has 0 radical (unpaired) electrons. The highest BCUT2D eigenvalue weighted by Gasteiger charge is 2.31. The van der Waals surface area contributed by atoms with Crippen molar-refractivity contribution in [2.45, 2.75) is 33.4 Å². The van der Waals surface area contributed by atoms with E-state index in [0.717, 1.165) is 16.7 Å².